The molecule has 0 bridgehead atoms. The molecular weight excluding hydrogens is 292 g/mol. The van der Waals surface area contributed by atoms with Crippen LogP contribution in [0.3, 0.4) is 0 Å². The van der Waals surface area contributed by atoms with Crippen molar-refractivity contribution in [2.24, 2.45) is 0 Å². The highest BCUT2D eigenvalue weighted by atomic mass is 32.2. The van der Waals surface area contributed by atoms with Gasteiger partial charge in [0.1, 0.15) is 0 Å². The van der Waals surface area contributed by atoms with Crippen LogP contribution in [-0.4, -0.2) is 40.1 Å². The van der Waals surface area contributed by atoms with Crippen molar-refractivity contribution in [3.63, 3.8) is 0 Å². The maximum Gasteiger partial charge on any atom is 0.338 e. The Morgan fingerprint density at radius 3 is 2.48 bits per heavy atom. The van der Waals surface area contributed by atoms with Gasteiger partial charge in [-0.25, -0.2) is 17.9 Å². The van der Waals surface area contributed by atoms with E-state index in [4.69, 9.17) is 4.74 Å². The Morgan fingerprint density at radius 1 is 1.24 bits per heavy atom. The van der Waals surface area contributed by atoms with Gasteiger partial charge in [0.2, 0.25) is 10.0 Å². The van der Waals surface area contributed by atoms with E-state index in [1.54, 1.807) is 6.92 Å². The van der Waals surface area contributed by atoms with Gasteiger partial charge in [0, 0.05) is 19.1 Å². The number of ether oxygens (including phenoxy) is 1. The van der Waals surface area contributed by atoms with Crippen molar-refractivity contribution in [2.45, 2.75) is 30.7 Å². The van der Waals surface area contributed by atoms with Crippen LogP contribution in [0, 0.1) is 0 Å². The van der Waals surface area contributed by atoms with E-state index < -0.39 is 16.0 Å². The summed E-state index contributed by atoms with van der Waals surface area (Å²) >= 11 is 0. The molecule has 1 saturated carbocycles. The summed E-state index contributed by atoms with van der Waals surface area (Å²) in [6.07, 6.45) is 2.34. The van der Waals surface area contributed by atoms with Gasteiger partial charge in [0.15, 0.2) is 0 Å². The molecule has 6 nitrogen and oxygen atoms in total. The lowest BCUT2D eigenvalue weighted by molar-refractivity contribution is 0.0526. The zero-order chi connectivity index (χ0) is 15.3. The van der Waals surface area contributed by atoms with Gasteiger partial charge in [-0.2, -0.15) is 0 Å². The lowest BCUT2D eigenvalue weighted by Crippen LogP contribution is -2.32. The molecule has 0 aromatic heterocycles. The summed E-state index contributed by atoms with van der Waals surface area (Å²) in [7, 11) is -3.53. The third-order valence-corrected chi connectivity index (χ3v) is 4.58. The van der Waals surface area contributed by atoms with Gasteiger partial charge < -0.3 is 10.1 Å². The number of hydrogen-bond donors (Lipinski definition) is 2. The molecule has 2 N–H and O–H groups in total. The molecule has 0 spiro atoms. The highest BCUT2D eigenvalue weighted by molar-refractivity contribution is 7.89. The second-order valence-electron chi connectivity index (χ2n) is 4.87. The van der Waals surface area contributed by atoms with E-state index >= 15 is 0 Å². The molecule has 0 heterocycles. The molecule has 21 heavy (non-hydrogen) atoms. The fraction of sp³-hybridized carbons (Fsp3) is 0.500. The average molecular weight is 312 g/mol. The van der Waals surface area contributed by atoms with Crippen LogP contribution in [-0.2, 0) is 14.8 Å². The number of carbonyl (C=O) groups is 1. The largest absolute Gasteiger partial charge is 0.462 e. The van der Waals surface area contributed by atoms with E-state index in [0.29, 0.717) is 24.7 Å². The molecule has 0 aliphatic heterocycles. The number of esters is 1. The zero-order valence-corrected chi connectivity index (χ0v) is 12.8. The van der Waals surface area contributed by atoms with E-state index in [0.717, 1.165) is 0 Å². The number of carbonyl (C=O) groups excluding carboxylic acids is 1. The molecule has 0 atom stereocenters. The third kappa shape index (κ3) is 4.80. The van der Waals surface area contributed by atoms with Gasteiger partial charge in [-0.3, -0.25) is 0 Å². The van der Waals surface area contributed by atoms with E-state index in [-0.39, 0.29) is 11.5 Å². The van der Waals surface area contributed by atoms with E-state index in [1.165, 1.54) is 37.1 Å². The molecule has 0 saturated heterocycles. The molecule has 7 heteroatoms. The molecular formula is C14H20N2O4S. The molecule has 1 aliphatic carbocycles. The predicted octanol–water partition coefficient (Wildman–Crippen LogP) is 0.894. The standard InChI is InChI=1S/C14H20N2O4S/c1-2-20-14(17)11-3-7-13(8-4-11)21(18,19)16-10-9-15-12-5-6-12/h3-4,7-8,12,15-16H,2,5-6,9-10H2,1H3. The monoisotopic (exact) mass is 312 g/mol. The van der Waals surface area contributed by atoms with Crippen LogP contribution >= 0.6 is 0 Å². The molecule has 116 valence electrons. The molecule has 1 aliphatic rings. The third-order valence-electron chi connectivity index (χ3n) is 3.10. The molecule has 0 amide bonds. The van der Waals surface area contributed by atoms with Gasteiger partial charge in [0.25, 0.3) is 0 Å². The average Bonchev–Trinajstić information content (AvgIpc) is 3.28. The first kappa shape index (κ1) is 15.9. The van der Waals surface area contributed by atoms with Crippen molar-refractivity contribution in [1.82, 2.24) is 10.0 Å². The molecule has 1 aromatic rings. The zero-order valence-electron chi connectivity index (χ0n) is 12.0. The summed E-state index contributed by atoms with van der Waals surface area (Å²) in [4.78, 5) is 11.6. The SMILES string of the molecule is CCOC(=O)c1ccc(S(=O)(=O)NCCNC2CC2)cc1. The highest BCUT2D eigenvalue weighted by Gasteiger charge is 2.20. The Balaban J connectivity index is 1.90. The predicted molar refractivity (Wildman–Crippen MR) is 78.6 cm³/mol. The minimum Gasteiger partial charge on any atom is -0.462 e. The van der Waals surface area contributed by atoms with E-state index in [9.17, 15) is 13.2 Å². The maximum atomic E-state index is 12.0. The Labute approximate surface area is 124 Å². The Kier molecular flexibility index (Phi) is 5.33. The smallest absolute Gasteiger partial charge is 0.338 e. The van der Waals surface area contributed by atoms with Crippen molar-refractivity contribution < 1.29 is 17.9 Å². The summed E-state index contributed by atoms with van der Waals surface area (Å²) in [5.41, 5.74) is 0.339. The first-order valence-corrected chi connectivity index (χ1v) is 8.51. The second-order valence-corrected chi connectivity index (χ2v) is 6.64. The lowest BCUT2D eigenvalue weighted by Gasteiger charge is -2.08. The van der Waals surface area contributed by atoms with Crippen LogP contribution in [0.5, 0.6) is 0 Å². The van der Waals surface area contributed by atoms with Gasteiger partial charge in [-0.15, -0.1) is 0 Å². The van der Waals surface area contributed by atoms with Crippen LogP contribution in [0.25, 0.3) is 0 Å². The van der Waals surface area contributed by atoms with Crippen molar-refractivity contribution in [3.05, 3.63) is 29.8 Å². The van der Waals surface area contributed by atoms with Crippen molar-refractivity contribution in [2.75, 3.05) is 19.7 Å². The first-order valence-electron chi connectivity index (χ1n) is 7.03. The van der Waals surface area contributed by atoms with E-state index in [1.807, 2.05) is 0 Å². The Hall–Kier alpha value is -1.44. The fourth-order valence-electron chi connectivity index (χ4n) is 1.82. The summed E-state index contributed by atoms with van der Waals surface area (Å²) in [6, 6.07) is 6.27. The Bertz CT molecular complexity index is 579. The summed E-state index contributed by atoms with van der Waals surface area (Å²) in [5.74, 6) is -0.456. The Morgan fingerprint density at radius 2 is 1.90 bits per heavy atom. The molecule has 2 rings (SSSR count). The van der Waals surface area contributed by atoms with Gasteiger partial charge in [0.05, 0.1) is 17.1 Å². The van der Waals surface area contributed by atoms with Crippen molar-refractivity contribution in [3.8, 4) is 0 Å². The number of nitrogens with one attached hydrogen (secondary N) is 2. The molecule has 0 radical (unpaired) electrons. The molecule has 1 fully saturated rings. The van der Waals surface area contributed by atoms with Crippen molar-refractivity contribution in [1.29, 1.82) is 0 Å². The minimum absolute atomic E-state index is 0.141. The summed E-state index contributed by atoms with van der Waals surface area (Å²) in [6.45, 7) is 2.97. The fourth-order valence-corrected chi connectivity index (χ4v) is 2.85. The van der Waals surface area contributed by atoms with Crippen LogP contribution in [0.4, 0.5) is 0 Å². The number of sulfonamides is 1. The first-order chi connectivity index (χ1) is 10.0. The van der Waals surface area contributed by atoms with Crippen LogP contribution in [0.1, 0.15) is 30.1 Å². The minimum atomic E-state index is -3.53. The van der Waals surface area contributed by atoms with Gasteiger partial charge in [-0.05, 0) is 44.0 Å². The van der Waals surface area contributed by atoms with Crippen LogP contribution in [0.15, 0.2) is 29.2 Å². The lowest BCUT2D eigenvalue weighted by atomic mass is 10.2. The molecule has 1 aromatic carbocycles. The van der Waals surface area contributed by atoms with Crippen molar-refractivity contribution >= 4 is 16.0 Å². The topological polar surface area (TPSA) is 84.5 Å². The number of rotatable bonds is 8. The van der Waals surface area contributed by atoms with Gasteiger partial charge >= 0.3 is 5.97 Å². The quantitative estimate of drug-likeness (QED) is 0.550. The molecule has 0 unspecified atom stereocenters. The second kappa shape index (κ2) is 7.02. The highest BCUT2D eigenvalue weighted by Crippen LogP contribution is 2.18. The van der Waals surface area contributed by atoms with Gasteiger partial charge in [-0.1, -0.05) is 0 Å². The number of benzene rings is 1. The summed E-state index contributed by atoms with van der Waals surface area (Å²) in [5, 5.41) is 3.23. The summed E-state index contributed by atoms with van der Waals surface area (Å²) < 4.78 is 31.5. The van der Waals surface area contributed by atoms with Crippen LogP contribution < -0.4 is 10.0 Å². The maximum absolute atomic E-state index is 12.0. The number of hydrogen-bond acceptors (Lipinski definition) is 5. The van der Waals surface area contributed by atoms with E-state index in [2.05, 4.69) is 10.0 Å². The normalized spacial score (nSPS) is 14.9. The van der Waals surface area contributed by atoms with Crippen LogP contribution in [0.2, 0.25) is 0 Å².